The lowest BCUT2D eigenvalue weighted by molar-refractivity contribution is 0.599. The highest BCUT2D eigenvalue weighted by Crippen LogP contribution is 2.36. The fourth-order valence-corrected chi connectivity index (χ4v) is 4.45. The Morgan fingerprint density at radius 2 is 2.25 bits per heavy atom. The molecule has 3 atom stereocenters. The Balaban J connectivity index is 2.44. The molecule has 3 unspecified atom stereocenters. The van der Waals surface area contributed by atoms with Gasteiger partial charge in [-0.2, -0.15) is 0 Å². The van der Waals surface area contributed by atoms with Crippen LogP contribution in [0.2, 0.25) is 0 Å². The largest absolute Gasteiger partial charge is 0.614 e. The van der Waals surface area contributed by atoms with E-state index in [2.05, 4.69) is 0 Å². The van der Waals surface area contributed by atoms with Gasteiger partial charge in [0.2, 0.25) is 4.71 Å². The first-order valence-corrected chi connectivity index (χ1v) is 5.29. The molecule has 5 heteroatoms. The molecule has 1 nitrogen and oxygen atoms in total. The second-order valence-corrected chi connectivity index (χ2v) is 5.88. The predicted molar refractivity (Wildman–Crippen MR) is 39.9 cm³/mol. The van der Waals surface area contributed by atoms with E-state index in [-0.39, 0.29) is 9.42 Å². The van der Waals surface area contributed by atoms with E-state index in [4.69, 9.17) is 23.2 Å². The molecule has 1 heterocycles. The third kappa shape index (κ3) is 1.39. The van der Waals surface area contributed by atoms with E-state index in [1.165, 1.54) is 11.8 Å². The molecule has 0 bridgehead atoms. The Morgan fingerprint density at radius 1 is 1.62 bits per heavy atom. The average Bonchev–Trinajstić information content (AvgIpc) is 1.98. The standard InChI is InChI=1S/C3H4Cl2OS2/c4-2-3(5)8(6)1-7-2/h2-3H,1H2. The van der Waals surface area contributed by atoms with E-state index in [1.807, 2.05) is 0 Å². The summed E-state index contributed by atoms with van der Waals surface area (Å²) in [5.41, 5.74) is 0. The highest BCUT2D eigenvalue weighted by molar-refractivity contribution is 8.17. The van der Waals surface area contributed by atoms with Crippen molar-refractivity contribution >= 4 is 46.1 Å². The molecule has 0 radical (unpaired) electrons. The van der Waals surface area contributed by atoms with Crippen LogP contribution in [0.5, 0.6) is 0 Å². The van der Waals surface area contributed by atoms with E-state index in [0.29, 0.717) is 5.08 Å². The van der Waals surface area contributed by atoms with Crippen molar-refractivity contribution in [2.45, 2.75) is 9.42 Å². The zero-order chi connectivity index (χ0) is 6.15. The van der Waals surface area contributed by atoms with Crippen LogP contribution in [0.1, 0.15) is 0 Å². The second kappa shape index (κ2) is 2.88. The molecular weight excluding hydrogens is 187 g/mol. The van der Waals surface area contributed by atoms with E-state index in [1.54, 1.807) is 0 Å². The van der Waals surface area contributed by atoms with Gasteiger partial charge in [-0.25, -0.2) is 0 Å². The van der Waals surface area contributed by atoms with Gasteiger partial charge in [-0.05, 0) is 11.2 Å². The molecule has 0 saturated carbocycles. The molecule has 1 aliphatic heterocycles. The third-order valence-electron chi connectivity index (χ3n) is 0.801. The molecule has 0 aromatic rings. The molecule has 1 aliphatic rings. The van der Waals surface area contributed by atoms with E-state index in [9.17, 15) is 4.55 Å². The number of hydrogen-bond donors (Lipinski definition) is 0. The summed E-state index contributed by atoms with van der Waals surface area (Å²) >= 11 is 11.7. The van der Waals surface area contributed by atoms with Gasteiger partial charge in [0.1, 0.15) is 4.71 Å². The van der Waals surface area contributed by atoms with Crippen LogP contribution >= 0.6 is 35.0 Å². The van der Waals surface area contributed by atoms with Crippen molar-refractivity contribution in [3.63, 3.8) is 0 Å². The van der Waals surface area contributed by atoms with Crippen molar-refractivity contribution in [2.75, 3.05) is 5.08 Å². The summed E-state index contributed by atoms with van der Waals surface area (Å²) < 4.78 is 10.2. The maximum absolute atomic E-state index is 10.7. The minimum atomic E-state index is -0.901. The Labute approximate surface area is 65.3 Å². The molecule has 0 aliphatic carbocycles. The summed E-state index contributed by atoms with van der Waals surface area (Å²) in [7, 11) is 0. The van der Waals surface area contributed by atoms with Gasteiger partial charge >= 0.3 is 0 Å². The summed E-state index contributed by atoms with van der Waals surface area (Å²) in [6.45, 7) is 0. The molecule has 48 valence electrons. The molecule has 0 aromatic heterocycles. The Bertz CT molecular complexity index is 81.4. The van der Waals surface area contributed by atoms with E-state index >= 15 is 0 Å². The highest BCUT2D eigenvalue weighted by atomic mass is 35.5. The predicted octanol–water partition coefficient (Wildman–Crippen LogP) is 1.57. The lowest BCUT2D eigenvalue weighted by Crippen LogP contribution is -2.14. The first-order chi connectivity index (χ1) is 3.72. The molecule has 1 saturated heterocycles. The Kier molecular flexibility index (Phi) is 2.65. The maximum Gasteiger partial charge on any atom is 0.215 e. The summed E-state index contributed by atoms with van der Waals surface area (Å²) in [6.07, 6.45) is 0. The minimum Gasteiger partial charge on any atom is -0.614 e. The van der Waals surface area contributed by atoms with Crippen LogP contribution in [0.3, 0.4) is 0 Å². The van der Waals surface area contributed by atoms with Crippen LogP contribution < -0.4 is 0 Å². The van der Waals surface area contributed by atoms with Crippen molar-refractivity contribution in [3.05, 3.63) is 0 Å². The lowest BCUT2D eigenvalue weighted by atomic mass is 10.9. The number of halogens is 2. The Morgan fingerprint density at radius 3 is 2.38 bits per heavy atom. The number of alkyl halides is 2. The summed E-state index contributed by atoms with van der Waals surface area (Å²) in [4.78, 5) is 0. The van der Waals surface area contributed by atoms with Gasteiger partial charge in [-0.15, -0.1) is 11.6 Å². The van der Waals surface area contributed by atoms with Gasteiger partial charge in [0, 0.05) is 0 Å². The summed E-state index contributed by atoms with van der Waals surface area (Å²) in [5, 5.41) is 0.586. The van der Waals surface area contributed by atoms with E-state index in [0.717, 1.165) is 0 Å². The molecular formula is C3H4Cl2OS2. The first-order valence-electron chi connectivity index (χ1n) is 1.99. The van der Waals surface area contributed by atoms with Crippen molar-refractivity contribution in [1.29, 1.82) is 0 Å². The van der Waals surface area contributed by atoms with Gasteiger partial charge in [0.25, 0.3) is 0 Å². The fourth-order valence-electron chi connectivity index (χ4n) is 0.392. The van der Waals surface area contributed by atoms with Crippen molar-refractivity contribution in [1.82, 2.24) is 0 Å². The smallest absolute Gasteiger partial charge is 0.215 e. The van der Waals surface area contributed by atoms with Crippen molar-refractivity contribution < 1.29 is 4.55 Å². The van der Waals surface area contributed by atoms with E-state index < -0.39 is 11.2 Å². The van der Waals surface area contributed by atoms with Crippen molar-refractivity contribution in [3.8, 4) is 0 Å². The van der Waals surface area contributed by atoms with Gasteiger partial charge in [-0.1, -0.05) is 23.4 Å². The van der Waals surface area contributed by atoms with Crippen LogP contribution in [0.15, 0.2) is 0 Å². The second-order valence-electron chi connectivity index (χ2n) is 1.37. The van der Waals surface area contributed by atoms with Gasteiger partial charge < -0.3 is 4.55 Å². The number of thioether (sulfide) groups is 1. The van der Waals surface area contributed by atoms with Crippen LogP contribution in [-0.4, -0.2) is 19.1 Å². The topological polar surface area (TPSA) is 23.1 Å². The molecule has 8 heavy (non-hydrogen) atoms. The monoisotopic (exact) mass is 190 g/mol. The lowest BCUT2D eigenvalue weighted by Gasteiger charge is -2.04. The summed E-state index contributed by atoms with van der Waals surface area (Å²) in [5.74, 6) is 0. The average molecular weight is 191 g/mol. The zero-order valence-corrected chi connectivity index (χ0v) is 6.99. The number of rotatable bonds is 0. The quantitative estimate of drug-likeness (QED) is 0.428. The van der Waals surface area contributed by atoms with Gasteiger partial charge in [-0.3, -0.25) is 0 Å². The SMILES string of the molecule is [O-][S+]1CSC(Cl)C1Cl. The maximum atomic E-state index is 10.7. The Hall–Kier alpha value is 1.24. The third-order valence-corrected chi connectivity index (χ3v) is 5.72. The van der Waals surface area contributed by atoms with Crippen molar-refractivity contribution in [2.24, 2.45) is 0 Å². The van der Waals surface area contributed by atoms with Crippen LogP contribution in [0.4, 0.5) is 0 Å². The molecule has 0 spiro atoms. The van der Waals surface area contributed by atoms with Gasteiger partial charge in [0.15, 0.2) is 5.08 Å². The van der Waals surface area contributed by atoms with Crippen LogP contribution in [0, 0.1) is 0 Å². The summed E-state index contributed by atoms with van der Waals surface area (Å²) in [6, 6.07) is 0. The van der Waals surface area contributed by atoms with Crippen LogP contribution in [-0.2, 0) is 11.2 Å². The zero-order valence-electron chi connectivity index (χ0n) is 3.84. The molecule has 0 aromatic carbocycles. The first kappa shape index (κ1) is 7.35. The molecule has 1 fully saturated rings. The normalized spacial score (nSPS) is 47.6. The van der Waals surface area contributed by atoms with Gasteiger partial charge in [0.05, 0.1) is 0 Å². The molecule has 1 rings (SSSR count). The minimum absolute atomic E-state index is 0.155. The highest BCUT2D eigenvalue weighted by Gasteiger charge is 2.36. The number of hydrogen-bond acceptors (Lipinski definition) is 2. The molecule has 0 N–H and O–H groups in total. The van der Waals surface area contributed by atoms with Crippen LogP contribution in [0.25, 0.3) is 0 Å². The molecule has 0 amide bonds. The fraction of sp³-hybridized carbons (Fsp3) is 1.00.